The minimum atomic E-state index is -0.706. The summed E-state index contributed by atoms with van der Waals surface area (Å²) in [6, 6.07) is 0. The van der Waals surface area contributed by atoms with Gasteiger partial charge in [0.05, 0.1) is 5.92 Å². The first-order valence-corrected chi connectivity index (χ1v) is 6.34. The van der Waals surface area contributed by atoms with Gasteiger partial charge in [0.15, 0.2) is 0 Å². The van der Waals surface area contributed by atoms with Crippen LogP contribution in [0, 0.1) is 11.8 Å². The molecule has 0 atom stereocenters. The Morgan fingerprint density at radius 1 is 1.17 bits per heavy atom. The fourth-order valence-corrected chi connectivity index (χ4v) is 2.66. The van der Waals surface area contributed by atoms with Gasteiger partial charge in [0.1, 0.15) is 0 Å². The molecule has 0 saturated heterocycles. The van der Waals surface area contributed by atoms with Crippen molar-refractivity contribution in [2.75, 3.05) is 6.54 Å². The van der Waals surface area contributed by atoms with Gasteiger partial charge in [0.2, 0.25) is 0 Å². The second-order valence-corrected chi connectivity index (χ2v) is 5.01. The van der Waals surface area contributed by atoms with Gasteiger partial charge >= 0.3 is 5.97 Å². The van der Waals surface area contributed by atoms with Crippen LogP contribution in [0.4, 0.5) is 0 Å². The van der Waals surface area contributed by atoms with Gasteiger partial charge in [-0.3, -0.25) is 19.3 Å². The van der Waals surface area contributed by atoms with Crippen LogP contribution < -0.4 is 0 Å². The third kappa shape index (κ3) is 2.78. The topological polar surface area (TPSA) is 74.7 Å². The number of hydrogen-bond donors (Lipinski definition) is 1. The van der Waals surface area contributed by atoms with Crippen LogP contribution in [0.3, 0.4) is 0 Å². The van der Waals surface area contributed by atoms with E-state index in [0.29, 0.717) is 25.3 Å². The molecule has 1 saturated carbocycles. The molecule has 2 amide bonds. The largest absolute Gasteiger partial charge is 0.481 e. The Bertz CT molecular complexity index is 376. The summed E-state index contributed by atoms with van der Waals surface area (Å²) in [7, 11) is 0. The first-order chi connectivity index (χ1) is 8.58. The lowest BCUT2D eigenvalue weighted by Crippen LogP contribution is -2.32. The van der Waals surface area contributed by atoms with Crippen LogP contribution in [0.2, 0.25) is 0 Å². The molecule has 5 nitrogen and oxygen atoms in total. The van der Waals surface area contributed by atoms with Crippen molar-refractivity contribution in [1.82, 2.24) is 4.90 Å². The molecule has 98 valence electrons. The van der Waals surface area contributed by atoms with Crippen LogP contribution >= 0.6 is 0 Å². The Labute approximate surface area is 105 Å². The quantitative estimate of drug-likeness (QED) is 0.762. The second-order valence-electron chi connectivity index (χ2n) is 5.01. The number of carboxylic acid groups (broad SMARTS) is 1. The molecule has 0 aromatic carbocycles. The van der Waals surface area contributed by atoms with E-state index in [4.69, 9.17) is 5.11 Å². The zero-order valence-electron chi connectivity index (χ0n) is 10.2. The number of amides is 2. The molecule has 1 N–H and O–H groups in total. The maximum Gasteiger partial charge on any atom is 0.306 e. The van der Waals surface area contributed by atoms with Crippen molar-refractivity contribution in [2.45, 2.75) is 32.1 Å². The highest BCUT2D eigenvalue weighted by atomic mass is 16.4. The fourth-order valence-electron chi connectivity index (χ4n) is 2.66. The van der Waals surface area contributed by atoms with Crippen molar-refractivity contribution in [3.8, 4) is 0 Å². The lowest BCUT2D eigenvalue weighted by Gasteiger charge is -2.27. The SMILES string of the molecule is O=C(O)C1CCC(CCN2C(=O)C=CC2=O)CC1. The van der Waals surface area contributed by atoms with Gasteiger partial charge in [-0.05, 0) is 38.0 Å². The fraction of sp³-hybridized carbons (Fsp3) is 0.615. The van der Waals surface area contributed by atoms with E-state index in [1.54, 1.807) is 0 Å². The molecule has 2 aliphatic rings. The zero-order chi connectivity index (χ0) is 13.1. The molecule has 0 bridgehead atoms. The number of carboxylic acids is 1. The number of carbonyl (C=O) groups is 3. The Kier molecular flexibility index (Phi) is 3.79. The summed E-state index contributed by atoms with van der Waals surface area (Å²) in [5.74, 6) is -0.958. The zero-order valence-corrected chi connectivity index (χ0v) is 10.2. The summed E-state index contributed by atoms with van der Waals surface area (Å²) in [4.78, 5) is 34.7. The normalized spacial score (nSPS) is 27.9. The van der Waals surface area contributed by atoms with Gasteiger partial charge < -0.3 is 5.11 Å². The number of nitrogens with zero attached hydrogens (tertiary/aromatic N) is 1. The average molecular weight is 251 g/mol. The Morgan fingerprint density at radius 3 is 2.22 bits per heavy atom. The highest BCUT2D eigenvalue weighted by Gasteiger charge is 2.28. The molecule has 0 aromatic heterocycles. The van der Waals surface area contributed by atoms with Crippen molar-refractivity contribution >= 4 is 17.8 Å². The van der Waals surface area contributed by atoms with E-state index in [2.05, 4.69) is 0 Å². The molecule has 5 heteroatoms. The summed E-state index contributed by atoms with van der Waals surface area (Å²) in [6.07, 6.45) is 6.54. The first-order valence-electron chi connectivity index (χ1n) is 6.34. The molecule has 0 spiro atoms. The van der Waals surface area contributed by atoms with Crippen LogP contribution in [-0.4, -0.2) is 34.3 Å². The summed E-state index contributed by atoms with van der Waals surface area (Å²) in [6.45, 7) is 0.451. The molecule has 18 heavy (non-hydrogen) atoms. The minimum Gasteiger partial charge on any atom is -0.481 e. The van der Waals surface area contributed by atoms with Gasteiger partial charge in [-0.2, -0.15) is 0 Å². The van der Waals surface area contributed by atoms with Gasteiger partial charge in [0.25, 0.3) is 11.8 Å². The van der Waals surface area contributed by atoms with Gasteiger partial charge in [-0.15, -0.1) is 0 Å². The van der Waals surface area contributed by atoms with E-state index in [1.807, 2.05) is 0 Å². The van der Waals surface area contributed by atoms with Crippen LogP contribution in [0.25, 0.3) is 0 Å². The summed E-state index contributed by atoms with van der Waals surface area (Å²) in [5.41, 5.74) is 0. The number of aliphatic carboxylic acids is 1. The summed E-state index contributed by atoms with van der Waals surface area (Å²) < 4.78 is 0. The molecule has 1 aliphatic carbocycles. The maximum absolute atomic E-state index is 11.3. The first kappa shape index (κ1) is 12.8. The lowest BCUT2D eigenvalue weighted by atomic mass is 9.80. The second kappa shape index (κ2) is 5.33. The van der Waals surface area contributed by atoms with Crippen molar-refractivity contribution in [2.24, 2.45) is 11.8 Å². The van der Waals surface area contributed by atoms with E-state index in [0.717, 1.165) is 19.3 Å². The predicted molar refractivity (Wildman–Crippen MR) is 63.6 cm³/mol. The highest BCUT2D eigenvalue weighted by Crippen LogP contribution is 2.31. The lowest BCUT2D eigenvalue weighted by molar-refractivity contribution is -0.143. The van der Waals surface area contributed by atoms with E-state index in [1.165, 1.54) is 17.1 Å². The van der Waals surface area contributed by atoms with Crippen molar-refractivity contribution in [3.63, 3.8) is 0 Å². The molecule has 1 aliphatic heterocycles. The average Bonchev–Trinajstić information content (AvgIpc) is 2.67. The van der Waals surface area contributed by atoms with Gasteiger partial charge in [-0.25, -0.2) is 0 Å². The molecule has 0 radical (unpaired) electrons. The van der Waals surface area contributed by atoms with E-state index < -0.39 is 5.97 Å². The number of hydrogen-bond acceptors (Lipinski definition) is 3. The van der Waals surface area contributed by atoms with Crippen molar-refractivity contribution < 1.29 is 19.5 Å². The molecular formula is C13H17NO4. The van der Waals surface area contributed by atoms with Crippen LogP contribution in [0.15, 0.2) is 12.2 Å². The standard InChI is InChI=1S/C13H17NO4/c15-11-5-6-12(16)14(11)8-7-9-1-3-10(4-2-9)13(17)18/h5-6,9-10H,1-4,7-8H2,(H,17,18). The third-order valence-electron chi connectivity index (χ3n) is 3.86. The Balaban J connectivity index is 1.74. The van der Waals surface area contributed by atoms with Crippen LogP contribution in [0.1, 0.15) is 32.1 Å². The molecular weight excluding hydrogens is 234 g/mol. The number of imide groups is 1. The van der Waals surface area contributed by atoms with Crippen LogP contribution in [0.5, 0.6) is 0 Å². The van der Waals surface area contributed by atoms with Crippen molar-refractivity contribution in [1.29, 1.82) is 0 Å². The van der Waals surface area contributed by atoms with E-state index in [9.17, 15) is 14.4 Å². The van der Waals surface area contributed by atoms with Crippen LogP contribution in [-0.2, 0) is 14.4 Å². The third-order valence-corrected chi connectivity index (χ3v) is 3.86. The molecule has 1 fully saturated rings. The maximum atomic E-state index is 11.3. The molecule has 1 heterocycles. The number of rotatable bonds is 4. The van der Waals surface area contributed by atoms with E-state index >= 15 is 0 Å². The number of carbonyl (C=O) groups excluding carboxylic acids is 2. The Morgan fingerprint density at radius 2 is 1.72 bits per heavy atom. The van der Waals surface area contributed by atoms with E-state index in [-0.39, 0.29) is 17.7 Å². The summed E-state index contributed by atoms with van der Waals surface area (Å²) in [5, 5.41) is 8.89. The van der Waals surface area contributed by atoms with Gasteiger partial charge in [-0.1, -0.05) is 0 Å². The minimum absolute atomic E-state index is 0.210. The summed E-state index contributed by atoms with van der Waals surface area (Å²) >= 11 is 0. The monoisotopic (exact) mass is 251 g/mol. The molecule has 0 aromatic rings. The van der Waals surface area contributed by atoms with Gasteiger partial charge in [0, 0.05) is 18.7 Å². The van der Waals surface area contributed by atoms with Crippen molar-refractivity contribution in [3.05, 3.63) is 12.2 Å². The molecule has 0 unspecified atom stereocenters. The Hall–Kier alpha value is -1.65. The predicted octanol–water partition coefficient (Wildman–Crippen LogP) is 1.19. The smallest absolute Gasteiger partial charge is 0.306 e. The highest BCUT2D eigenvalue weighted by molar-refractivity contribution is 6.12. The molecule has 2 rings (SSSR count).